The molecule has 6 aliphatic rings. The van der Waals surface area contributed by atoms with Crippen molar-refractivity contribution < 1.29 is 48.3 Å². The molecule has 0 aromatic heterocycles. The summed E-state index contributed by atoms with van der Waals surface area (Å²) in [5.74, 6) is 0.122. The van der Waals surface area contributed by atoms with Gasteiger partial charge in [0.1, 0.15) is 17.3 Å². The molecule has 2 aliphatic carbocycles. The molecular weight excluding hydrogens is 687 g/mol. The topological polar surface area (TPSA) is 146 Å². The lowest BCUT2D eigenvalue weighted by Gasteiger charge is -2.59. The highest BCUT2D eigenvalue weighted by Gasteiger charge is 2.61. The van der Waals surface area contributed by atoms with Crippen molar-refractivity contribution in [2.45, 2.75) is 121 Å². The number of ether oxygens (including phenoxy) is 4. The average molecular weight is 736 g/mol. The fourth-order valence-corrected chi connectivity index (χ4v) is 7.83. The maximum Gasteiger partial charge on any atom is 0.338 e. The highest BCUT2D eigenvalue weighted by molar-refractivity contribution is 6.68. The van der Waals surface area contributed by atoms with Gasteiger partial charge in [-0.15, -0.1) is 0 Å². The molecule has 0 spiro atoms. The zero-order valence-corrected chi connectivity index (χ0v) is 31.3. The number of aliphatic hydroxyl groups excluding tert-OH is 2. The molecule has 8 rings (SSSR count). The predicted molar refractivity (Wildman–Crippen MR) is 188 cm³/mol. The number of benzene rings is 2. The van der Waals surface area contributed by atoms with E-state index in [1.54, 1.807) is 38.3 Å². The Kier molecular flexibility index (Phi) is 12.1. The molecule has 2 N–H and O–H groups in total. The van der Waals surface area contributed by atoms with E-state index in [1.165, 1.54) is 31.2 Å². The van der Waals surface area contributed by atoms with Crippen LogP contribution in [0.15, 0.2) is 48.5 Å². The Morgan fingerprint density at radius 1 is 0.640 bits per heavy atom. The number of hydrogen-bond acceptors (Lipinski definition) is 10. The fraction of sp³-hybridized carbons (Fsp3) is 0.579. The third-order valence-corrected chi connectivity index (χ3v) is 11.4. The van der Waals surface area contributed by atoms with E-state index in [4.69, 9.17) is 42.1 Å². The highest BCUT2D eigenvalue weighted by Crippen LogP contribution is 2.52. The highest BCUT2D eigenvalue weighted by atomic mass is 35.5. The Balaban J connectivity index is 0.000000188. The molecule has 4 saturated heterocycles. The van der Waals surface area contributed by atoms with Crippen molar-refractivity contribution in [1.82, 2.24) is 0 Å². The summed E-state index contributed by atoms with van der Waals surface area (Å²) in [6, 6.07) is 12.3. The quantitative estimate of drug-likeness (QED) is 0.191. The molecule has 6 unspecified atom stereocenters. The Morgan fingerprint density at radius 2 is 1.02 bits per heavy atom. The smallest absolute Gasteiger partial charge is 0.338 e. The molecule has 2 saturated carbocycles. The summed E-state index contributed by atoms with van der Waals surface area (Å²) in [5, 5.41) is 18.4. The Hall–Kier alpha value is -2.70. The molecule has 4 heterocycles. The Labute approximate surface area is 303 Å². The monoisotopic (exact) mass is 734 g/mol. The molecule has 0 radical (unpaired) electrons. The van der Waals surface area contributed by atoms with Crippen LogP contribution in [0.4, 0.5) is 0 Å². The first-order valence-electron chi connectivity index (χ1n) is 16.8. The lowest BCUT2D eigenvalue weighted by Crippen LogP contribution is -2.69. The number of rotatable bonds is 6. The van der Waals surface area contributed by atoms with Gasteiger partial charge in [-0.25, -0.2) is 4.79 Å². The van der Waals surface area contributed by atoms with Crippen molar-refractivity contribution in [1.29, 1.82) is 0 Å². The van der Waals surface area contributed by atoms with E-state index in [0.717, 1.165) is 25.7 Å². The number of ketones is 1. The van der Waals surface area contributed by atoms with Gasteiger partial charge in [-0.1, -0.05) is 12.1 Å². The normalized spacial score (nSPS) is 32.8. The maximum atomic E-state index is 12.6. The third kappa shape index (κ3) is 8.33. The van der Waals surface area contributed by atoms with Gasteiger partial charge in [-0.2, -0.15) is 0 Å². The van der Waals surface area contributed by atoms with E-state index in [0.29, 0.717) is 22.3 Å². The van der Waals surface area contributed by atoms with Crippen molar-refractivity contribution >= 4 is 45.4 Å². The average Bonchev–Trinajstić information content (AvgIpc) is 3.03. The SMILES string of the molecule is CC1(C)OC2(C)C(O)CC1CC2O.COC1CC2CC(OC(=O)c3ccc(C(C)=O)cc3)C1(C)OC2(C)C.O=C(Cl)c1ccc(C(=O)Cl)cc1. The summed E-state index contributed by atoms with van der Waals surface area (Å²) in [6.45, 7) is 13.5. The number of aliphatic hydroxyl groups is 2. The van der Waals surface area contributed by atoms with Gasteiger partial charge in [-0.3, -0.25) is 14.4 Å². The van der Waals surface area contributed by atoms with Crippen LogP contribution in [0.1, 0.15) is 116 Å². The molecule has 0 amide bonds. The van der Waals surface area contributed by atoms with Crippen LogP contribution < -0.4 is 0 Å². The zero-order chi connectivity index (χ0) is 37.4. The lowest BCUT2D eigenvalue weighted by atomic mass is 9.65. The van der Waals surface area contributed by atoms with Crippen molar-refractivity contribution in [3.05, 3.63) is 70.8 Å². The summed E-state index contributed by atoms with van der Waals surface area (Å²) in [7, 11) is 1.67. The molecule has 12 heteroatoms. The Bertz CT molecular complexity index is 1530. The van der Waals surface area contributed by atoms with Gasteiger partial charge in [0, 0.05) is 23.8 Å². The molecule has 10 nitrogen and oxygen atoms in total. The summed E-state index contributed by atoms with van der Waals surface area (Å²) < 4.78 is 23.5. The van der Waals surface area contributed by atoms with E-state index in [-0.39, 0.29) is 41.0 Å². The first-order valence-corrected chi connectivity index (χ1v) is 17.5. The van der Waals surface area contributed by atoms with Gasteiger partial charge in [0.2, 0.25) is 0 Å². The van der Waals surface area contributed by atoms with Gasteiger partial charge in [-0.05, 0) is 146 Å². The van der Waals surface area contributed by atoms with Crippen molar-refractivity contribution in [3.8, 4) is 0 Å². The molecule has 6 atom stereocenters. The van der Waals surface area contributed by atoms with Crippen LogP contribution in [0.25, 0.3) is 0 Å². The number of methoxy groups -OCH3 is 1. The van der Waals surface area contributed by atoms with E-state index in [1.807, 2.05) is 20.8 Å². The minimum absolute atomic E-state index is 0.0319. The number of hydrogen-bond donors (Lipinski definition) is 2. The van der Waals surface area contributed by atoms with Gasteiger partial charge in [0.15, 0.2) is 5.78 Å². The molecule has 50 heavy (non-hydrogen) atoms. The van der Waals surface area contributed by atoms with Crippen molar-refractivity contribution in [3.63, 3.8) is 0 Å². The molecule has 4 bridgehead atoms. The second-order valence-corrected chi connectivity index (χ2v) is 15.7. The minimum Gasteiger partial charge on any atom is -0.456 e. The second-order valence-electron chi connectivity index (χ2n) is 15.0. The zero-order valence-electron chi connectivity index (χ0n) is 29.8. The van der Waals surface area contributed by atoms with Crippen LogP contribution in [0.2, 0.25) is 0 Å². The van der Waals surface area contributed by atoms with E-state index < -0.39 is 39.9 Å². The number of Topliss-reactive ketones (excluding diaryl/α,β-unsaturated/α-hetero) is 1. The van der Waals surface area contributed by atoms with Crippen LogP contribution in [-0.4, -0.2) is 86.4 Å². The van der Waals surface area contributed by atoms with Gasteiger partial charge in [0.05, 0.1) is 35.1 Å². The molecule has 6 fully saturated rings. The third-order valence-electron chi connectivity index (χ3n) is 10.9. The van der Waals surface area contributed by atoms with Crippen LogP contribution >= 0.6 is 23.2 Å². The Morgan fingerprint density at radius 3 is 1.42 bits per heavy atom. The van der Waals surface area contributed by atoms with Crippen LogP contribution in [-0.2, 0) is 18.9 Å². The minimum atomic E-state index is -0.752. The molecule has 4 aliphatic heterocycles. The summed E-state index contributed by atoms with van der Waals surface area (Å²) in [6.07, 6.45) is 1.67. The van der Waals surface area contributed by atoms with Gasteiger partial charge >= 0.3 is 5.97 Å². The standard InChI is InChI=1S/C20H26O5.C10H18O3.C8H4Cl2O2/c1-12(21)13-6-8-14(9-7-13)18(22)24-17-11-15-10-16(23-5)20(17,4)25-19(15,2)3;1-9(2)6-4-7(11)10(3,13-9)8(12)5-6;9-7(11)5-1-2-6(4-3-5)8(10)12/h6-9,15-17H,10-11H2,1-5H3;6-8,11-12H,4-5H2,1-3H3;1-4H. The second kappa shape index (κ2) is 15.1. The predicted octanol–water partition coefficient (Wildman–Crippen LogP) is 6.54. The summed E-state index contributed by atoms with van der Waals surface area (Å²) >= 11 is 10.4. The van der Waals surface area contributed by atoms with Crippen LogP contribution in [0.3, 0.4) is 0 Å². The molecule has 274 valence electrons. The van der Waals surface area contributed by atoms with Gasteiger partial charge < -0.3 is 29.2 Å². The number of halogens is 2. The van der Waals surface area contributed by atoms with Crippen molar-refractivity contribution in [2.75, 3.05) is 7.11 Å². The van der Waals surface area contributed by atoms with E-state index >= 15 is 0 Å². The molecule has 2 aromatic carbocycles. The first-order chi connectivity index (χ1) is 23.1. The largest absolute Gasteiger partial charge is 0.456 e. The van der Waals surface area contributed by atoms with E-state index in [2.05, 4.69) is 13.8 Å². The van der Waals surface area contributed by atoms with Gasteiger partial charge in [0.25, 0.3) is 10.5 Å². The van der Waals surface area contributed by atoms with E-state index in [9.17, 15) is 29.4 Å². The number of esters is 1. The number of carbonyl (C=O) groups excluding carboxylic acids is 4. The van der Waals surface area contributed by atoms with Crippen LogP contribution in [0.5, 0.6) is 0 Å². The van der Waals surface area contributed by atoms with Crippen molar-refractivity contribution in [2.24, 2.45) is 11.8 Å². The molecule has 2 aromatic rings. The maximum absolute atomic E-state index is 12.6. The summed E-state index contributed by atoms with van der Waals surface area (Å²) in [5.41, 5.74) is -0.173. The first kappa shape index (κ1) is 40.1. The number of carbonyl (C=O) groups is 4. The summed E-state index contributed by atoms with van der Waals surface area (Å²) in [4.78, 5) is 45.1. The van der Waals surface area contributed by atoms with Crippen LogP contribution in [0, 0.1) is 11.8 Å². The molecular formula is C38H48Cl2O10. The lowest BCUT2D eigenvalue weighted by molar-refractivity contribution is -0.314. The fourth-order valence-electron chi connectivity index (χ4n) is 7.58. The number of fused-ring (bicyclic) bond motifs is 6.